The molecule has 1 aliphatic rings. The zero-order chi connectivity index (χ0) is 14.5. The van der Waals surface area contributed by atoms with Crippen LogP contribution in [0.1, 0.15) is 40.0 Å². The number of ether oxygens (including phenoxy) is 1. The van der Waals surface area contributed by atoms with Crippen molar-refractivity contribution in [1.29, 1.82) is 0 Å². The third kappa shape index (κ3) is 6.22. The Morgan fingerprint density at radius 3 is 2.53 bits per heavy atom. The number of carbonyl (C=O) groups excluding carboxylic acids is 3. The molecule has 1 N–H and O–H groups in total. The van der Waals surface area contributed by atoms with Crippen molar-refractivity contribution >= 4 is 17.8 Å². The molecule has 6 heteroatoms. The van der Waals surface area contributed by atoms with Crippen LogP contribution in [0, 0.1) is 0 Å². The number of hydrogen-bond donors (Lipinski definition) is 1. The normalized spacial score (nSPS) is 15.8. The average Bonchev–Trinajstić information content (AvgIpc) is 2.54. The minimum absolute atomic E-state index is 0.0168. The molecule has 2 amide bonds. The number of ketones is 1. The molecule has 108 valence electrons. The van der Waals surface area contributed by atoms with Crippen LogP contribution in [0.3, 0.4) is 0 Å². The molecule has 19 heavy (non-hydrogen) atoms. The molecular weight excluding hydrogens is 248 g/mol. The van der Waals surface area contributed by atoms with Crippen LogP contribution in [0.4, 0.5) is 4.79 Å². The van der Waals surface area contributed by atoms with E-state index in [1.807, 2.05) is 20.8 Å². The van der Waals surface area contributed by atoms with E-state index in [-0.39, 0.29) is 24.7 Å². The number of carbonyl (C=O) groups is 3. The number of alkyl carbamates (subject to hydrolysis) is 1. The van der Waals surface area contributed by atoms with E-state index in [1.54, 1.807) is 4.90 Å². The average molecular weight is 270 g/mol. The van der Waals surface area contributed by atoms with E-state index in [2.05, 4.69) is 5.32 Å². The molecule has 1 rings (SSSR count). The molecule has 0 radical (unpaired) electrons. The van der Waals surface area contributed by atoms with Gasteiger partial charge >= 0.3 is 6.09 Å². The fourth-order valence-corrected chi connectivity index (χ4v) is 1.77. The SMILES string of the molecule is CC(C)(C)OC(=O)NCCCCN1CC(=O)CC1=O. The van der Waals surface area contributed by atoms with Gasteiger partial charge in [-0.25, -0.2) is 4.79 Å². The van der Waals surface area contributed by atoms with Crippen molar-refractivity contribution in [1.82, 2.24) is 10.2 Å². The summed E-state index contributed by atoms with van der Waals surface area (Å²) < 4.78 is 5.09. The summed E-state index contributed by atoms with van der Waals surface area (Å²) >= 11 is 0. The molecule has 0 aromatic carbocycles. The van der Waals surface area contributed by atoms with Gasteiger partial charge in [-0.2, -0.15) is 0 Å². The largest absolute Gasteiger partial charge is 0.444 e. The Morgan fingerprint density at radius 2 is 2.00 bits per heavy atom. The van der Waals surface area contributed by atoms with Crippen LogP contribution in [-0.2, 0) is 14.3 Å². The molecular formula is C13H22N2O4. The lowest BCUT2D eigenvalue weighted by molar-refractivity contribution is -0.127. The first-order chi connectivity index (χ1) is 8.78. The van der Waals surface area contributed by atoms with Crippen LogP contribution < -0.4 is 5.32 Å². The van der Waals surface area contributed by atoms with E-state index < -0.39 is 11.7 Å². The number of nitrogens with one attached hydrogen (secondary N) is 1. The lowest BCUT2D eigenvalue weighted by atomic mass is 10.2. The second-order valence-electron chi connectivity index (χ2n) is 5.67. The van der Waals surface area contributed by atoms with Crippen molar-refractivity contribution in [2.75, 3.05) is 19.6 Å². The van der Waals surface area contributed by atoms with Gasteiger partial charge in [0.1, 0.15) is 5.60 Å². The Kier molecular flexibility index (Phi) is 5.32. The highest BCUT2D eigenvalue weighted by Crippen LogP contribution is 2.08. The summed E-state index contributed by atoms with van der Waals surface area (Å²) in [5.74, 6) is -0.109. The smallest absolute Gasteiger partial charge is 0.407 e. The van der Waals surface area contributed by atoms with E-state index >= 15 is 0 Å². The quantitative estimate of drug-likeness (QED) is 0.599. The predicted octanol–water partition coefficient (Wildman–Crippen LogP) is 1.09. The summed E-state index contributed by atoms with van der Waals surface area (Å²) in [6.45, 7) is 6.73. The van der Waals surface area contributed by atoms with Gasteiger partial charge in [0.05, 0.1) is 13.0 Å². The monoisotopic (exact) mass is 270 g/mol. The molecule has 0 aromatic rings. The first-order valence-electron chi connectivity index (χ1n) is 6.54. The molecule has 0 bridgehead atoms. The number of rotatable bonds is 5. The van der Waals surface area contributed by atoms with Crippen LogP contribution in [0.5, 0.6) is 0 Å². The number of Topliss-reactive ketones (excluding diaryl/α,β-unsaturated/α-hetero) is 1. The maximum absolute atomic E-state index is 11.3. The highest BCUT2D eigenvalue weighted by molar-refractivity contribution is 6.05. The van der Waals surface area contributed by atoms with Gasteiger partial charge in [0.2, 0.25) is 5.91 Å². The maximum Gasteiger partial charge on any atom is 0.407 e. The second-order valence-corrected chi connectivity index (χ2v) is 5.67. The van der Waals surface area contributed by atoms with Crippen LogP contribution in [0.15, 0.2) is 0 Å². The number of amides is 2. The second kappa shape index (κ2) is 6.54. The molecule has 0 aliphatic carbocycles. The van der Waals surface area contributed by atoms with Crippen LogP contribution in [0.25, 0.3) is 0 Å². The molecule has 1 saturated heterocycles. The molecule has 0 unspecified atom stereocenters. The molecule has 6 nitrogen and oxygen atoms in total. The van der Waals surface area contributed by atoms with E-state index in [9.17, 15) is 14.4 Å². The maximum atomic E-state index is 11.3. The third-order valence-electron chi connectivity index (χ3n) is 2.59. The molecule has 1 aliphatic heterocycles. The Morgan fingerprint density at radius 1 is 1.32 bits per heavy atom. The van der Waals surface area contributed by atoms with E-state index in [4.69, 9.17) is 4.74 Å². The third-order valence-corrected chi connectivity index (χ3v) is 2.59. The molecule has 0 spiro atoms. The van der Waals surface area contributed by atoms with Gasteiger partial charge in [0, 0.05) is 13.1 Å². The van der Waals surface area contributed by atoms with Crippen molar-refractivity contribution < 1.29 is 19.1 Å². The highest BCUT2D eigenvalue weighted by atomic mass is 16.6. The summed E-state index contributed by atoms with van der Waals surface area (Å²) in [5, 5.41) is 2.65. The minimum atomic E-state index is -0.494. The highest BCUT2D eigenvalue weighted by Gasteiger charge is 2.26. The Balaban J connectivity index is 2.07. The summed E-state index contributed by atoms with van der Waals surface area (Å²) in [4.78, 5) is 35.3. The molecule has 0 aromatic heterocycles. The van der Waals surface area contributed by atoms with Crippen molar-refractivity contribution in [2.45, 2.75) is 45.6 Å². The molecule has 0 saturated carbocycles. The first-order valence-corrected chi connectivity index (χ1v) is 6.54. The van der Waals surface area contributed by atoms with Crippen LogP contribution in [-0.4, -0.2) is 47.9 Å². The Hall–Kier alpha value is -1.59. The van der Waals surface area contributed by atoms with Gasteiger partial charge in [0.25, 0.3) is 0 Å². The van der Waals surface area contributed by atoms with Crippen molar-refractivity contribution in [3.63, 3.8) is 0 Å². The lowest BCUT2D eigenvalue weighted by Crippen LogP contribution is -2.33. The van der Waals surface area contributed by atoms with Gasteiger partial charge in [-0.3, -0.25) is 9.59 Å². The minimum Gasteiger partial charge on any atom is -0.444 e. The summed E-state index contributed by atoms with van der Waals surface area (Å²) in [6, 6.07) is 0. The standard InChI is InChI=1S/C13H22N2O4/c1-13(2,3)19-12(18)14-6-4-5-7-15-9-10(16)8-11(15)17/h4-9H2,1-3H3,(H,14,18). The van der Waals surface area contributed by atoms with Gasteiger partial charge in [-0.1, -0.05) is 0 Å². The van der Waals surface area contributed by atoms with E-state index in [0.29, 0.717) is 13.1 Å². The fourth-order valence-electron chi connectivity index (χ4n) is 1.77. The first kappa shape index (κ1) is 15.5. The number of unbranched alkanes of at least 4 members (excludes halogenated alkanes) is 1. The van der Waals surface area contributed by atoms with Crippen molar-refractivity contribution in [2.24, 2.45) is 0 Å². The fraction of sp³-hybridized carbons (Fsp3) is 0.769. The lowest BCUT2D eigenvalue weighted by Gasteiger charge is -2.19. The van der Waals surface area contributed by atoms with Crippen LogP contribution in [0.2, 0.25) is 0 Å². The van der Waals surface area contributed by atoms with Crippen molar-refractivity contribution in [3.8, 4) is 0 Å². The summed E-state index contributed by atoms with van der Waals surface area (Å²) in [6.07, 6.45) is 1.11. The Labute approximate surface area is 113 Å². The number of hydrogen-bond acceptors (Lipinski definition) is 4. The van der Waals surface area contributed by atoms with E-state index in [1.165, 1.54) is 0 Å². The molecule has 1 fully saturated rings. The Bertz CT molecular complexity index is 360. The number of nitrogens with zero attached hydrogens (tertiary/aromatic N) is 1. The van der Waals surface area contributed by atoms with Gasteiger partial charge < -0.3 is 15.0 Å². The molecule has 1 heterocycles. The van der Waals surface area contributed by atoms with Crippen LogP contribution >= 0.6 is 0 Å². The predicted molar refractivity (Wildman–Crippen MR) is 69.7 cm³/mol. The summed E-state index contributed by atoms with van der Waals surface area (Å²) in [7, 11) is 0. The topological polar surface area (TPSA) is 75.7 Å². The van der Waals surface area contributed by atoms with E-state index in [0.717, 1.165) is 12.8 Å². The van der Waals surface area contributed by atoms with Gasteiger partial charge in [-0.05, 0) is 33.6 Å². The van der Waals surface area contributed by atoms with Gasteiger partial charge in [0.15, 0.2) is 5.78 Å². The zero-order valence-electron chi connectivity index (χ0n) is 11.8. The number of likely N-dealkylation sites (tertiary alicyclic amines) is 1. The summed E-state index contributed by atoms with van der Waals surface area (Å²) in [5.41, 5.74) is -0.494. The van der Waals surface area contributed by atoms with Gasteiger partial charge in [-0.15, -0.1) is 0 Å². The van der Waals surface area contributed by atoms with Crippen molar-refractivity contribution in [3.05, 3.63) is 0 Å². The molecule has 0 atom stereocenters. The zero-order valence-corrected chi connectivity index (χ0v) is 11.8.